The lowest BCUT2D eigenvalue weighted by molar-refractivity contribution is -0.146. The van der Waals surface area contributed by atoms with Crippen LogP contribution in [-0.4, -0.2) is 51.4 Å². The Morgan fingerprint density at radius 1 is 1.39 bits per heavy atom. The molecule has 0 spiro atoms. The van der Waals surface area contributed by atoms with Crippen molar-refractivity contribution in [3.8, 4) is 0 Å². The van der Waals surface area contributed by atoms with Crippen LogP contribution in [0.4, 0.5) is 17.5 Å². The number of ether oxygens (including phenoxy) is 2. The Bertz CT molecular complexity index is 960. The lowest BCUT2D eigenvalue weighted by Gasteiger charge is -2.39. The number of aromatic amines is 1. The molecule has 28 heavy (non-hydrogen) atoms. The molecule has 2 aliphatic heterocycles. The predicted molar refractivity (Wildman–Crippen MR) is 102 cm³/mol. The zero-order chi connectivity index (χ0) is 20.1. The number of aromatic nitrogens is 3. The summed E-state index contributed by atoms with van der Waals surface area (Å²) in [4.78, 5) is 38.1. The van der Waals surface area contributed by atoms with E-state index in [1.807, 2.05) is 20.8 Å². The van der Waals surface area contributed by atoms with Crippen molar-refractivity contribution >= 4 is 23.4 Å². The van der Waals surface area contributed by atoms with Gasteiger partial charge in [0.2, 0.25) is 5.95 Å². The average molecular weight is 386 g/mol. The molecule has 10 nitrogen and oxygen atoms in total. The minimum atomic E-state index is -0.792. The summed E-state index contributed by atoms with van der Waals surface area (Å²) in [5, 5.41) is 3.10. The molecule has 4 heterocycles. The largest absolute Gasteiger partial charge is 0.369 e. The Morgan fingerprint density at radius 2 is 2.18 bits per heavy atom. The van der Waals surface area contributed by atoms with Gasteiger partial charge in [0.1, 0.15) is 6.10 Å². The minimum Gasteiger partial charge on any atom is -0.369 e. The summed E-state index contributed by atoms with van der Waals surface area (Å²) in [6.45, 7) is 5.84. The maximum atomic E-state index is 13.4. The maximum Gasteiger partial charge on any atom is 0.278 e. The maximum absolute atomic E-state index is 13.4. The minimum absolute atomic E-state index is 0.0292. The number of fused-ring (bicyclic) bond motifs is 1. The Balaban J connectivity index is 1.82. The van der Waals surface area contributed by atoms with Gasteiger partial charge in [0.05, 0.1) is 17.7 Å². The van der Waals surface area contributed by atoms with Gasteiger partial charge in [0, 0.05) is 18.9 Å². The van der Waals surface area contributed by atoms with Crippen molar-refractivity contribution in [3.05, 3.63) is 40.4 Å². The molecule has 1 amide bonds. The van der Waals surface area contributed by atoms with E-state index in [9.17, 15) is 9.59 Å². The standard InChI is InChI=1S/C18H22N6O4/c1-9-13(28-18(2,3)27-9)11-8-21-14-12(15(25)23-17(19)22-14)24(11)16(26)10-5-4-6-20-7-10/h4-7,9,11,13H,8H2,1-3H3,(H4,19,21,22,23,25). The molecule has 2 aliphatic rings. The van der Waals surface area contributed by atoms with E-state index in [1.54, 1.807) is 18.3 Å². The fourth-order valence-corrected chi connectivity index (χ4v) is 3.79. The lowest BCUT2D eigenvalue weighted by atomic mass is 10.0. The van der Waals surface area contributed by atoms with Gasteiger partial charge in [0.25, 0.3) is 11.5 Å². The van der Waals surface area contributed by atoms with E-state index >= 15 is 0 Å². The number of rotatable bonds is 2. The van der Waals surface area contributed by atoms with Crippen molar-refractivity contribution in [1.29, 1.82) is 0 Å². The molecule has 0 aliphatic carbocycles. The second-order valence-corrected chi connectivity index (χ2v) is 7.32. The number of H-pyrrole nitrogens is 1. The van der Waals surface area contributed by atoms with Crippen LogP contribution in [0.2, 0.25) is 0 Å². The predicted octanol–water partition coefficient (Wildman–Crippen LogP) is 0.728. The summed E-state index contributed by atoms with van der Waals surface area (Å²) >= 11 is 0. The highest BCUT2D eigenvalue weighted by atomic mass is 16.8. The van der Waals surface area contributed by atoms with Gasteiger partial charge in [-0.05, 0) is 32.9 Å². The van der Waals surface area contributed by atoms with Crippen molar-refractivity contribution in [1.82, 2.24) is 15.0 Å². The SMILES string of the molecule is CC1OC(C)(C)OC1C1CNc2nc(N)[nH]c(=O)c2N1C(=O)c1cccnc1. The number of amides is 1. The molecule has 1 fully saturated rings. The van der Waals surface area contributed by atoms with Crippen molar-refractivity contribution in [3.63, 3.8) is 0 Å². The summed E-state index contributed by atoms with van der Waals surface area (Å²) < 4.78 is 11.9. The number of pyridine rings is 1. The van der Waals surface area contributed by atoms with Gasteiger partial charge < -0.3 is 20.5 Å². The molecule has 0 radical (unpaired) electrons. The number of hydrogen-bond donors (Lipinski definition) is 3. The van der Waals surface area contributed by atoms with Gasteiger partial charge in [-0.1, -0.05) is 0 Å². The molecule has 148 valence electrons. The first-order valence-electron chi connectivity index (χ1n) is 9.00. The average Bonchev–Trinajstić information content (AvgIpc) is 2.93. The third kappa shape index (κ3) is 3.10. The zero-order valence-corrected chi connectivity index (χ0v) is 15.8. The van der Waals surface area contributed by atoms with Crippen LogP contribution in [0.25, 0.3) is 0 Å². The molecule has 0 bridgehead atoms. The summed E-state index contributed by atoms with van der Waals surface area (Å²) in [6.07, 6.45) is 2.30. The molecule has 1 saturated heterocycles. The topological polar surface area (TPSA) is 135 Å². The first-order chi connectivity index (χ1) is 13.3. The molecule has 0 aromatic carbocycles. The monoisotopic (exact) mass is 386 g/mol. The molecule has 2 aromatic rings. The number of carbonyl (C=O) groups is 1. The Labute approximate surface area is 161 Å². The fraction of sp³-hybridized carbons (Fsp3) is 0.444. The highest BCUT2D eigenvalue weighted by Crippen LogP contribution is 2.36. The second-order valence-electron chi connectivity index (χ2n) is 7.32. The van der Waals surface area contributed by atoms with Crippen molar-refractivity contribution in [2.24, 2.45) is 0 Å². The van der Waals surface area contributed by atoms with Gasteiger partial charge in [0.15, 0.2) is 17.3 Å². The number of nitrogens with zero attached hydrogens (tertiary/aromatic N) is 3. The van der Waals surface area contributed by atoms with Crippen LogP contribution < -0.4 is 21.5 Å². The first-order valence-corrected chi connectivity index (χ1v) is 9.00. The van der Waals surface area contributed by atoms with Crippen LogP contribution in [0, 0.1) is 0 Å². The highest BCUT2D eigenvalue weighted by molar-refractivity contribution is 6.08. The number of nitrogens with one attached hydrogen (secondary N) is 2. The molecule has 4 rings (SSSR count). The van der Waals surface area contributed by atoms with Crippen LogP contribution >= 0.6 is 0 Å². The molecule has 4 N–H and O–H groups in total. The lowest BCUT2D eigenvalue weighted by Crippen LogP contribution is -2.57. The highest BCUT2D eigenvalue weighted by Gasteiger charge is 2.48. The van der Waals surface area contributed by atoms with Crippen LogP contribution in [0.1, 0.15) is 31.1 Å². The molecule has 10 heteroatoms. The molecule has 3 unspecified atom stereocenters. The van der Waals surface area contributed by atoms with E-state index in [-0.39, 0.29) is 29.5 Å². The normalized spacial score (nSPS) is 25.8. The smallest absolute Gasteiger partial charge is 0.278 e. The third-order valence-electron chi connectivity index (χ3n) is 4.82. The number of hydrogen-bond acceptors (Lipinski definition) is 8. The summed E-state index contributed by atoms with van der Waals surface area (Å²) in [5.41, 5.74) is 5.60. The Hall–Kier alpha value is -2.98. The summed E-state index contributed by atoms with van der Waals surface area (Å²) in [5.74, 6) is -0.948. The van der Waals surface area contributed by atoms with Crippen LogP contribution in [0.15, 0.2) is 29.3 Å². The van der Waals surface area contributed by atoms with Crippen LogP contribution in [0.5, 0.6) is 0 Å². The second kappa shape index (κ2) is 6.57. The van der Waals surface area contributed by atoms with E-state index in [0.29, 0.717) is 12.1 Å². The Morgan fingerprint density at radius 3 is 2.82 bits per heavy atom. The van der Waals surface area contributed by atoms with Gasteiger partial charge in [-0.3, -0.25) is 24.5 Å². The number of nitrogens with two attached hydrogens (primary N) is 1. The summed E-state index contributed by atoms with van der Waals surface area (Å²) in [7, 11) is 0. The number of nitrogen functional groups attached to an aromatic ring is 1. The van der Waals surface area contributed by atoms with Gasteiger partial charge in [-0.2, -0.15) is 4.98 Å². The zero-order valence-electron chi connectivity index (χ0n) is 15.8. The van der Waals surface area contributed by atoms with E-state index in [4.69, 9.17) is 15.2 Å². The van der Waals surface area contributed by atoms with Crippen LogP contribution in [0.3, 0.4) is 0 Å². The number of anilines is 3. The van der Waals surface area contributed by atoms with Crippen molar-refractivity contribution in [2.45, 2.75) is 44.8 Å². The van der Waals surface area contributed by atoms with Crippen molar-refractivity contribution in [2.75, 3.05) is 22.5 Å². The number of carbonyl (C=O) groups excluding carboxylic acids is 1. The Kier molecular flexibility index (Phi) is 4.31. The fourth-order valence-electron chi connectivity index (χ4n) is 3.79. The van der Waals surface area contributed by atoms with E-state index in [1.165, 1.54) is 11.1 Å². The molecule has 0 saturated carbocycles. The first kappa shape index (κ1) is 18.4. The quantitative estimate of drug-likeness (QED) is 0.687. The van der Waals surface area contributed by atoms with Gasteiger partial charge >= 0.3 is 0 Å². The van der Waals surface area contributed by atoms with E-state index < -0.39 is 23.5 Å². The molecule has 3 atom stereocenters. The van der Waals surface area contributed by atoms with Gasteiger partial charge in [-0.15, -0.1) is 0 Å². The summed E-state index contributed by atoms with van der Waals surface area (Å²) in [6, 6.07) is 2.81. The van der Waals surface area contributed by atoms with E-state index in [0.717, 1.165) is 0 Å². The van der Waals surface area contributed by atoms with Crippen LogP contribution in [-0.2, 0) is 9.47 Å². The third-order valence-corrected chi connectivity index (χ3v) is 4.82. The van der Waals surface area contributed by atoms with E-state index in [2.05, 4.69) is 20.3 Å². The van der Waals surface area contributed by atoms with Crippen molar-refractivity contribution < 1.29 is 14.3 Å². The van der Waals surface area contributed by atoms with Gasteiger partial charge in [-0.25, -0.2) is 0 Å². The molecular formula is C18H22N6O4. The molecular weight excluding hydrogens is 364 g/mol. The molecule has 2 aromatic heterocycles.